The summed E-state index contributed by atoms with van der Waals surface area (Å²) in [5.41, 5.74) is 2.45. The molecule has 5 heteroatoms. The van der Waals surface area contributed by atoms with Crippen molar-refractivity contribution in [2.75, 3.05) is 7.05 Å². The van der Waals surface area contributed by atoms with Crippen LogP contribution in [0, 0.1) is 12.7 Å². The number of hydrogen-bond donors (Lipinski definition) is 1. The number of benzene rings is 2. The minimum atomic E-state index is -0.319. The third kappa shape index (κ3) is 3.17. The van der Waals surface area contributed by atoms with Crippen LogP contribution in [0.1, 0.15) is 22.7 Å². The smallest absolute Gasteiger partial charge is 0.129 e. The van der Waals surface area contributed by atoms with Crippen LogP contribution in [0.3, 0.4) is 0 Å². The first kappa shape index (κ1) is 15.8. The normalized spacial score (nSPS) is 12.5. The highest BCUT2D eigenvalue weighted by Gasteiger charge is 2.20. The van der Waals surface area contributed by atoms with Crippen molar-refractivity contribution in [2.24, 2.45) is 0 Å². The van der Waals surface area contributed by atoms with Crippen molar-refractivity contribution in [3.8, 4) is 0 Å². The highest BCUT2D eigenvalue weighted by molar-refractivity contribution is 9.10. The van der Waals surface area contributed by atoms with Crippen LogP contribution in [0.5, 0.6) is 0 Å². The molecule has 0 fully saturated rings. The van der Waals surface area contributed by atoms with Crippen LogP contribution in [-0.2, 0) is 0 Å². The number of rotatable bonds is 3. The fourth-order valence-corrected chi connectivity index (χ4v) is 2.83. The van der Waals surface area contributed by atoms with Crippen molar-refractivity contribution in [2.45, 2.75) is 13.0 Å². The molecule has 0 aliphatic heterocycles. The Balaban J connectivity index is 2.58. The van der Waals surface area contributed by atoms with Crippen molar-refractivity contribution in [3.63, 3.8) is 0 Å². The Morgan fingerprint density at radius 1 is 1.15 bits per heavy atom. The Kier molecular flexibility index (Phi) is 5.08. The van der Waals surface area contributed by atoms with Gasteiger partial charge in [0.1, 0.15) is 5.82 Å². The van der Waals surface area contributed by atoms with Gasteiger partial charge in [-0.2, -0.15) is 0 Å². The molecule has 1 nitrogen and oxygen atoms in total. The molecule has 20 heavy (non-hydrogen) atoms. The number of halogens is 4. The molecule has 0 heterocycles. The molecule has 2 rings (SSSR count). The maximum Gasteiger partial charge on any atom is 0.129 e. The zero-order chi connectivity index (χ0) is 14.9. The SMILES string of the molecule is CNC(c1cc(Cl)ccc1C)c1cc(Cl)c(Br)cc1F. The van der Waals surface area contributed by atoms with E-state index in [1.54, 1.807) is 13.1 Å². The molecule has 106 valence electrons. The van der Waals surface area contributed by atoms with Crippen LogP contribution in [0.25, 0.3) is 0 Å². The first-order chi connectivity index (χ1) is 9.43. The van der Waals surface area contributed by atoms with Crippen molar-refractivity contribution < 1.29 is 4.39 Å². The largest absolute Gasteiger partial charge is 0.309 e. The van der Waals surface area contributed by atoms with Gasteiger partial charge in [0.2, 0.25) is 0 Å². The average Bonchev–Trinajstić information content (AvgIpc) is 2.40. The molecule has 1 unspecified atom stereocenters. The predicted molar refractivity (Wildman–Crippen MR) is 86.2 cm³/mol. The molecule has 0 amide bonds. The highest BCUT2D eigenvalue weighted by atomic mass is 79.9. The predicted octanol–water partition coefficient (Wildman–Crippen LogP) is 5.51. The standard InChI is InChI=1S/C15H13BrCl2FN/c1-8-3-4-9(17)5-10(8)15(20-2)11-6-13(18)12(16)7-14(11)19/h3-7,15,20H,1-2H3. The summed E-state index contributed by atoms with van der Waals surface area (Å²) in [7, 11) is 1.78. The van der Waals surface area contributed by atoms with E-state index in [0.717, 1.165) is 11.1 Å². The third-order valence-corrected chi connectivity index (χ3v) is 4.62. The van der Waals surface area contributed by atoms with E-state index in [4.69, 9.17) is 23.2 Å². The van der Waals surface area contributed by atoms with E-state index in [9.17, 15) is 4.39 Å². The van der Waals surface area contributed by atoms with Crippen LogP contribution < -0.4 is 5.32 Å². The fraction of sp³-hybridized carbons (Fsp3) is 0.200. The van der Waals surface area contributed by atoms with Crippen molar-refractivity contribution >= 4 is 39.1 Å². The molecule has 0 saturated carbocycles. The molecule has 1 N–H and O–H groups in total. The van der Waals surface area contributed by atoms with Crippen LogP contribution >= 0.6 is 39.1 Å². The second-order valence-corrected chi connectivity index (χ2v) is 6.21. The molecule has 0 spiro atoms. The van der Waals surface area contributed by atoms with E-state index in [0.29, 0.717) is 20.1 Å². The number of nitrogens with one attached hydrogen (secondary N) is 1. The summed E-state index contributed by atoms with van der Waals surface area (Å²) in [4.78, 5) is 0. The molecule has 2 aromatic rings. The van der Waals surface area contributed by atoms with Crippen LogP contribution in [-0.4, -0.2) is 7.05 Å². The van der Waals surface area contributed by atoms with Gasteiger partial charge in [-0.25, -0.2) is 4.39 Å². The summed E-state index contributed by atoms with van der Waals surface area (Å²) in [5, 5.41) is 4.21. The lowest BCUT2D eigenvalue weighted by molar-refractivity contribution is 0.574. The third-order valence-electron chi connectivity index (χ3n) is 3.19. The fourth-order valence-electron chi connectivity index (χ4n) is 2.16. The topological polar surface area (TPSA) is 12.0 Å². The van der Waals surface area contributed by atoms with Gasteiger partial charge in [0.15, 0.2) is 0 Å². The van der Waals surface area contributed by atoms with Gasteiger partial charge in [-0.3, -0.25) is 0 Å². The Hall–Kier alpha value is -0.610. The summed E-state index contributed by atoms with van der Waals surface area (Å²) >= 11 is 15.3. The quantitative estimate of drug-likeness (QED) is 0.696. The Bertz CT molecular complexity index is 646. The first-order valence-electron chi connectivity index (χ1n) is 6.01. The molecule has 0 saturated heterocycles. The van der Waals surface area contributed by atoms with E-state index in [2.05, 4.69) is 21.2 Å². The Labute approximate surface area is 136 Å². The summed E-state index contributed by atoms with van der Waals surface area (Å²) < 4.78 is 14.8. The van der Waals surface area contributed by atoms with Gasteiger partial charge < -0.3 is 5.32 Å². The van der Waals surface area contributed by atoms with Gasteiger partial charge in [0.25, 0.3) is 0 Å². The molecule has 0 aromatic heterocycles. The van der Waals surface area contributed by atoms with E-state index in [1.165, 1.54) is 6.07 Å². The lowest BCUT2D eigenvalue weighted by Crippen LogP contribution is -2.20. The monoisotopic (exact) mass is 375 g/mol. The second-order valence-electron chi connectivity index (χ2n) is 4.51. The highest BCUT2D eigenvalue weighted by Crippen LogP contribution is 2.33. The maximum absolute atomic E-state index is 14.2. The van der Waals surface area contributed by atoms with Crippen molar-refractivity contribution in [1.29, 1.82) is 0 Å². The van der Waals surface area contributed by atoms with E-state index >= 15 is 0 Å². The minimum Gasteiger partial charge on any atom is -0.309 e. The maximum atomic E-state index is 14.2. The molecule has 0 bridgehead atoms. The molecular weight excluding hydrogens is 364 g/mol. The molecule has 2 aromatic carbocycles. The summed E-state index contributed by atoms with van der Waals surface area (Å²) in [5.74, 6) is -0.319. The van der Waals surface area contributed by atoms with Crippen LogP contribution in [0.2, 0.25) is 10.0 Å². The summed E-state index contributed by atoms with van der Waals surface area (Å²) in [6.45, 7) is 1.97. The molecule has 0 aliphatic rings. The van der Waals surface area contributed by atoms with E-state index < -0.39 is 0 Å². The van der Waals surface area contributed by atoms with Gasteiger partial charge in [0, 0.05) is 15.1 Å². The van der Waals surface area contributed by atoms with E-state index in [1.807, 2.05) is 25.1 Å². The molecule has 0 aliphatic carbocycles. The molecule has 0 radical (unpaired) electrons. The number of aryl methyl sites for hydroxylation is 1. The van der Waals surface area contributed by atoms with Crippen LogP contribution in [0.4, 0.5) is 4.39 Å². The molecular formula is C15H13BrCl2FN. The van der Waals surface area contributed by atoms with E-state index in [-0.39, 0.29) is 11.9 Å². The number of hydrogen-bond acceptors (Lipinski definition) is 1. The first-order valence-corrected chi connectivity index (χ1v) is 7.56. The van der Waals surface area contributed by atoms with Crippen molar-refractivity contribution in [1.82, 2.24) is 5.32 Å². The lowest BCUT2D eigenvalue weighted by Gasteiger charge is -2.21. The lowest BCUT2D eigenvalue weighted by atomic mass is 9.95. The summed E-state index contributed by atoms with van der Waals surface area (Å²) in [6.07, 6.45) is 0. The Morgan fingerprint density at radius 2 is 1.85 bits per heavy atom. The van der Waals surface area contributed by atoms with Crippen molar-refractivity contribution in [3.05, 3.63) is 67.4 Å². The van der Waals surface area contributed by atoms with Crippen LogP contribution in [0.15, 0.2) is 34.8 Å². The Morgan fingerprint density at radius 3 is 2.50 bits per heavy atom. The van der Waals surface area contributed by atoms with Gasteiger partial charge in [-0.1, -0.05) is 29.3 Å². The summed E-state index contributed by atoms with van der Waals surface area (Å²) in [6, 6.07) is 8.27. The minimum absolute atomic E-state index is 0.306. The molecule has 1 atom stereocenters. The van der Waals surface area contributed by atoms with Gasteiger partial charge in [0.05, 0.1) is 11.1 Å². The van der Waals surface area contributed by atoms with Gasteiger partial charge in [-0.05, 0) is 65.3 Å². The zero-order valence-corrected chi connectivity index (χ0v) is 14.1. The average molecular weight is 377 g/mol. The van der Waals surface area contributed by atoms with Gasteiger partial charge >= 0.3 is 0 Å². The van der Waals surface area contributed by atoms with Gasteiger partial charge in [-0.15, -0.1) is 0 Å². The second kappa shape index (κ2) is 6.44. The zero-order valence-electron chi connectivity index (χ0n) is 11.0.